The van der Waals surface area contributed by atoms with Gasteiger partial charge < -0.3 is 0 Å². The fourth-order valence-corrected chi connectivity index (χ4v) is 5.04. The SMILES string of the molecule is CC(C)Cc1cc(CC(C)C)c2c(c1)[C@@H](N1C(=O)C=CC1=O)C[C@@H]2CC(C)C. The molecular weight excluding hydrogens is 346 g/mol. The maximum atomic E-state index is 12.5. The Labute approximate surface area is 170 Å². The molecule has 0 aromatic heterocycles. The highest BCUT2D eigenvalue weighted by Gasteiger charge is 2.41. The summed E-state index contributed by atoms with van der Waals surface area (Å²) in [7, 11) is 0. The van der Waals surface area contributed by atoms with Crippen molar-refractivity contribution in [3.63, 3.8) is 0 Å². The van der Waals surface area contributed by atoms with Gasteiger partial charge in [0.05, 0.1) is 6.04 Å². The van der Waals surface area contributed by atoms with Crippen molar-refractivity contribution >= 4 is 11.8 Å². The molecular formula is C25H35NO2. The lowest BCUT2D eigenvalue weighted by atomic mass is 9.84. The molecule has 0 saturated heterocycles. The van der Waals surface area contributed by atoms with Gasteiger partial charge in [-0.2, -0.15) is 0 Å². The molecule has 2 aliphatic rings. The predicted molar refractivity (Wildman–Crippen MR) is 114 cm³/mol. The monoisotopic (exact) mass is 381 g/mol. The van der Waals surface area contributed by atoms with Crippen molar-refractivity contribution in [2.24, 2.45) is 17.8 Å². The second-order valence-corrected chi connectivity index (χ2v) is 9.91. The number of hydrogen-bond donors (Lipinski definition) is 0. The molecule has 3 rings (SSSR count). The van der Waals surface area contributed by atoms with Gasteiger partial charge in [0, 0.05) is 12.2 Å². The first-order chi connectivity index (χ1) is 13.2. The average Bonchev–Trinajstić information content (AvgIpc) is 3.06. The summed E-state index contributed by atoms with van der Waals surface area (Å²) in [4.78, 5) is 26.4. The fourth-order valence-electron chi connectivity index (χ4n) is 5.04. The van der Waals surface area contributed by atoms with Crippen molar-refractivity contribution < 1.29 is 9.59 Å². The fraction of sp³-hybridized carbons (Fsp3) is 0.600. The minimum absolute atomic E-state index is 0.119. The molecule has 1 aliphatic heterocycles. The number of carbonyl (C=O) groups excluding carboxylic acids is 2. The molecule has 1 aliphatic carbocycles. The predicted octanol–water partition coefficient (Wildman–Crippen LogP) is 5.58. The van der Waals surface area contributed by atoms with Gasteiger partial charge in [-0.1, -0.05) is 53.7 Å². The van der Waals surface area contributed by atoms with Crippen LogP contribution in [-0.2, 0) is 22.4 Å². The molecule has 0 fully saturated rings. The zero-order valence-electron chi connectivity index (χ0n) is 18.3. The molecule has 152 valence electrons. The van der Waals surface area contributed by atoms with E-state index in [9.17, 15) is 9.59 Å². The maximum Gasteiger partial charge on any atom is 0.254 e. The van der Waals surface area contributed by atoms with Gasteiger partial charge in [-0.05, 0) is 71.6 Å². The van der Waals surface area contributed by atoms with E-state index < -0.39 is 0 Å². The van der Waals surface area contributed by atoms with Gasteiger partial charge in [0.2, 0.25) is 0 Å². The zero-order valence-corrected chi connectivity index (χ0v) is 18.3. The molecule has 2 atom stereocenters. The van der Waals surface area contributed by atoms with Crippen molar-refractivity contribution in [2.75, 3.05) is 0 Å². The summed E-state index contributed by atoms with van der Waals surface area (Å²) >= 11 is 0. The quantitative estimate of drug-likeness (QED) is 0.578. The van der Waals surface area contributed by atoms with Crippen LogP contribution in [-0.4, -0.2) is 16.7 Å². The van der Waals surface area contributed by atoms with Gasteiger partial charge in [0.1, 0.15) is 0 Å². The van der Waals surface area contributed by atoms with Crippen LogP contribution in [0.15, 0.2) is 24.3 Å². The van der Waals surface area contributed by atoms with Gasteiger partial charge in [-0.15, -0.1) is 0 Å². The number of carbonyl (C=O) groups is 2. The van der Waals surface area contributed by atoms with E-state index in [4.69, 9.17) is 0 Å². The lowest BCUT2D eigenvalue weighted by Gasteiger charge is -2.24. The van der Waals surface area contributed by atoms with Crippen LogP contribution in [0.25, 0.3) is 0 Å². The third-order valence-electron chi connectivity index (χ3n) is 5.82. The van der Waals surface area contributed by atoms with Crippen molar-refractivity contribution in [3.05, 3.63) is 46.5 Å². The summed E-state index contributed by atoms with van der Waals surface area (Å²) < 4.78 is 0. The van der Waals surface area contributed by atoms with Crippen LogP contribution >= 0.6 is 0 Å². The van der Waals surface area contributed by atoms with Crippen molar-refractivity contribution in [2.45, 2.75) is 79.2 Å². The first-order valence-electron chi connectivity index (χ1n) is 10.9. The van der Waals surface area contributed by atoms with Gasteiger partial charge in [0.25, 0.3) is 11.8 Å². The Morgan fingerprint density at radius 2 is 1.50 bits per heavy atom. The Hall–Kier alpha value is -1.90. The highest BCUT2D eigenvalue weighted by molar-refractivity contribution is 6.13. The Kier molecular flexibility index (Phi) is 6.12. The zero-order chi connectivity index (χ0) is 20.6. The van der Waals surface area contributed by atoms with Gasteiger partial charge >= 0.3 is 0 Å². The normalized spacial score (nSPS) is 21.7. The van der Waals surface area contributed by atoms with Crippen LogP contribution in [0.5, 0.6) is 0 Å². The number of fused-ring (bicyclic) bond motifs is 1. The van der Waals surface area contributed by atoms with Gasteiger partial charge in [0.15, 0.2) is 0 Å². The molecule has 0 saturated carbocycles. The number of imide groups is 1. The maximum absolute atomic E-state index is 12.5. The minimum Gasteiger partial charge on any atom is -0.269 e. The van der Waals surface area contributed by atoms with E-state index in [1.807, 2.05) is 0 Å². The third kappa shape index (κ3) is 4.24. The third-order valence-corrected chi connectivity index (χ3v) is 5.82. The molecule has 2 amide bonds. The molecule has 0 N–H and O–H groups in total. The van der Waals surface area contributed by atoms with Crippen LogP contribution in [0.3, 0.4) is 0 Å². The molecule has 0 unspecified atom stereocenters. The summed E-state index contributed by atoms with van der Waals surface area (Å²) in [5.41, 5.74) is 5.42. The largest absolute Gasteiger partial charge is 0.269 e. The smallest absolute Gasteiger partial charge is 0.254 e. The topological polar surface area (TPSA) is 37.4 Å². The summed E-state index contributed by atoms with van der Waals surface area (Å²) in [5, 5.41) is 0. The number of amides is 2. The van der Waals surface area contributed by atoms with E-state index in [0.29, 0.717) is 23.7 Å². The summed E-state index contributed by atoms with van der Waals surface area (Å²) in [6, 6.07) is 4.58. The van der Waals surface area contributed by atoms with E-state index in [1.54, 1.807) is 0 Å². The minimum atomic E-state index is -0.161. The average molecular weight is 382 g/mol. The lowest BCUT2D eigenvalue weighted by molar-refractivity contribution is -0.139. The van der Waals surface area contributed by atoms with E-state index in [0.717, 1.165) is 25.7 Å². The Morgan fingerprint density at radius 3 is 2.04 bits per heavy atom. The lowest BCUT2D eigenvalue weighted by Crippen LogP contribution is -2.33. The molecule has 3 heteroatoms. The van der Waals surface area contributed by atoms with Gasteiger partial charge in [-0.25, -0.2) is 0 Å². The van der Waals surface area contributed by atoms with Crippen LogP contribution in [0.1, 0.15) is 88.6 Å². The van der Waals surface area contributed by atoms with Crippen molar-refractivity contribution in [1.82, 2.24) is 4.90 Å². The standard InChI is InChI=1S/C25H35NO2/c1-15(2)9-18-12-19(10-16(3)4)25-20(11-17(5)6)14-22(21(25)13-18)26-23(27)7-8-24(26)28/h7-8,12-13,15-17,20,22H,9-11,14H2,1-6H3/t20-,22-/m0/s1. The Morgan fingerprint density at radius 1 is 0.893 bits per heavy atom. The molecule has 1 aromatic rings. The molecule has 1 aromatic carbocycles. The first kappa shape index (κ1) is 20.8. The van der Waals surface area contributed by atoms with Crippen molar-refractivity contribution in [1.29, 1.82) is 0 Å². The highest BCUT2D eigenvalue weighted by atomic mass is 16.2. The van der Waals surface area contributed by atoms with Crippen LogP contribution < -0.4 is 0 Å². The van der Waals surface area contributed by atoms with E-state index >= 15 is 0 Å². The van der Waals surface area contributed by atoms with Crippen molar-refractivity contribution in [3.8, 4) is 0 Å². The number of rotatable bonds is 7. The Bertz CT molecular complexity index is 770. The van der Waals surface area contributed by atoms with E-state index in [1.165, 1.54) is 39.3 Å². The van der Waals surface area contributed by atoms with Gasteiger partial charge in [-0.3, -0.25) is 14.5 Å². The number of benzene rings is 1. The summed E-state index contributed by atoms with van der Waals surface area (Å²) in [6.45, 7) is 13.5. The second-order valence-electron chi connectivity index (χ2n) is 9.91. The summed E-state index contributed by atoms with van der Waals surface area (Å²) in [6.07, 6.45) is 6.88. The molecule has 0 bridgehead atoms. The second kappa shape index (κ2) is 8.23. The van der Waals surface area contributed by atoms with Crippen LogP contribution in [0, 0.1) is 17.8 Å². The Balaban J connectivity index is 2.11. The molecule has 28 heavy (non-hydrogen) atoms. The first-order valence-corrected chi connectivity index (χ1v) is 10.9. The highest BCUT2D eigenvalue weighted by Crippen LogP contribution is 2.49. The van der Waals surface area contributed by atoms with E-state index in [-0.39, 0.29) is 17.9 Å². The van der Waals surface area contributed by atoms with Crippen LogP contribution in [0.2, 0.25) is 0 Å². The number of nitrogens with zero attached hydrogens (tertiary/aromatic N) is 1. The van der Waals surface area contributed by atoms with E-state index in [2.05, 4.69) is 53.7 Å². The van der Waals surface area contributed by atoms with Crippen LogP contribution in [0.4, 0.5) is 0 Å². The molecule has 1 heterocycles. The number of hydrogen-bond acceptors (Lipinski definition) is 2. The summed E-state index contributed by atoms with van der Waals surface area (Å²) in [5.74, 6) is 1.84. The molecule has 0 radical (unpaired) electrons. The molecule has 0 spiro atoms. The molecule has 3 nitrogen and oxygen atoms in total.